The number of halogens is 1. The second-order valence-corrected chi connectivity index (χ2v) is 3.89. The molecule has 1 heterocycles. The number of aromatic nitrogens is 2. The topological polar surface area (TPSA) is 38.9 Å². The smallest absolute Gasteiger partial charge is 0.227 e. The molecule has 1 aliphatic rings. The molecule has 0 spiro atoms. The first-order valence-electron chi connectivity index (χ1n) is 4.14. The summed E-state index contributed by atoms with van der Waals surface area (Å²) >= 11 is 5.55. The van der Waals surface area contributed by atoms with Crippen LogP contribution in [0.4, 0.5) is 0 Å². The van der Waals surface area contributed by atoms with Crippen LogP contribution in [-0.2, 0) is 11.8 Å². The van der Waals surface area contributed by atoms with Crippen molar-refractivity contribution in [3.05, 3.63) is 11.7 Å². The Morgan fingerprint density at radius 1 is 1.58 bits per heavy atom. The van der Waals surface area contributed by atoms with Crippen LogP contribution in [0.5, 0.6) is 0 Å². The van der Waals surface area contributed by atoms with Crippen LogP contribution in [0.1, 0.15) is 31.5 Å². The molecule has 1 saturated carbocycles. The van der Waals surface area contributed by atoms with Gasteiger partial charge in [0, 0.05) is 17.7 Å². The fourth-order valence-corrected chi connectivity index (χ4v) is 1.26. The number of hydrogen-bond acceptors (Lipinski definition) is 3. The van der Waals surface area contributed by atoms with Gasteiger partial charge in [0.2, 0.25) is 5.89 Å². The van der Waals surface area contributed by atoms with Gasteiger partial charge in [0.15, 0.2) is 5.82 Å². The normalized spacial score (nSPS) is 19.5. The summed E-state index contributed by atoms with van der Waals surface area (Å²) in [6.45, 7) is 2.16. The predicted molar refractivity (Wildman–Crippen MR) is 45.3 cm³/mol. The summed E-state index contributed by atoms with van der Waals surface area (Å²) in [5, 5.41) is 3.92. The van der Waals surface area contributed by atoms with Crippen LogP contribution in [-0.4, -0.2) is 16.0 Å². The molecule has 2 rings (SSSR count). The number of alkyl halides is 1. The average molecular weight is 187 g/mol. The fraction of sp³-hybridized carbons (Fsp3) is 0.750. The van der Waals surface area contributed by atoms with Gasteiger partial charge in [0.25, 0.3) is 0 Å². The van der Waals surface area contributed by atoms with E-state index in [2.05, 4.69) is 17.1 Å². The molecule has 3 nitrogen and oxygen atoms in total. The lowest BCUT2D eigenvalue weighted by Gasteiger charge is -1.96. The first-order valence-corrected chi connectivity index (χ1v) is 4.67. The first kappa shape index (κ1) is 8.05. The predicted octanol–water partition coefficient (Wildman–Crippen LogP) is 1.90. The molecule has 0 bridgehead atoms. The zero-order chi connectivity index (χ0) is 8.60. The van der Waals surface area contributed by atoms with Gasteiger partial charge in [0.05, 0.1) is 0 Å². The highest BCUT2D eigenvalue weighted by molar-refractivity contribution is 6.17. The lowest BCUT2D eigenvalue weighted by Crippen LogP contribution is -2.02. The highest BCUT2D eigenvalue weighted by atomic mass is 35.5. The molecule has 0 aliphatic heterocycles. The molecule has 12 heavy (non-hydrogen) atoms. The summed E-state index contributed by atoms with van der Waals surface area (Å²) in [4.78, 5) is 4.27. The SMILES string of the molecule is CC1(c2noc(CCCl)n2)CC1. The summed E-state index contributed by atoms with van der Waals surface area (Å²) in [6, 6.07) is 0. The van der Waals surface area contributed by atoms with Crippen LogP contribution >= 0.6 is 11.6 Å². The Labute approximate surface area is 76.1 Å². The third kappa shape index (κ3) is 1.33. The Morgan fingerprint density at radius 3 is 2.92 bits per heavy atom. The molecule has 1 fully saturated rings. The van der Waals surface area contributed by atoms with E-state index in [0.717, 1.165) is 5.82 Å². The van der Waals surface area contributed by atoms with E-state index in [1.807, 2.05) is 0 Å². The van der Waals surface area contributed by atoms with Gasteiger partial charge >= 0.3 is 0 Å². The highest BCUT2D eigenvalue weighted by Crippen LogP contribution is 2.45. The lowest BCUT2D eigenvalue weighted by atomic mass is 10.1. The second-order valence-electron chi connectivity index (χ2n) is 3.51. The molecular weight excluding hydrogens is 176 g/mol. The van der Waals surface area contributed by atoms with Gasteiger partial charge in [-0.05, 0) is 12.8 Å². The van der Waals surface area contributed by atoms with Gasteiger partial charge in [-0.2, -0.15) is 4.98 Å². The van der Waals surface area contributed by atoms with E-state index in [1.54, 1.807) is 0 Å². The molecule has 4 heteroatoms. The van der Waals surface area contributed by atoms with Crippen LogP contribution in [0.2, 0.25) is 0 Å². The fourth-order valence-electron chi connectivity index (χ4n) is 1.09. The Hall–Kier alpha value is -0.570. The van der Waals surface area contributed by atoms with E-state index >= 15 is 0 Å². The van der Waals surface area contributed by atoms with Crippen molar-refractivity contribution < 1.29 is 4.52 Å². The molecule has 0 N–H and O–H groups in total. The van der Waals surface area contributed by atoms with Crippen LogP contribution in [0.3, 0.4) is 0 Å². The summed E-state index contributed by atoms with van der Waals surface area (Å²) in [5.41, 5.74) is 0.202. The van der Waals surface area contributed by atoms with E-state index in [1.165, 1.54) is 12.8 Å². The van der Waals surface area contributed by atoms with E-state index < -0.39 is 0 Å². The first-order chi connectivity index (χ1) is 5.74. The third-order valence-corrected chi connectivity index (χ3v) is 2.51. The van der Waals surface area contributed by atoms with Crippen molar-refractivity contribution in [1.82, 2.24) is 10.1 Å². The van der Waals surface area contributed by atoms with Crippen molar-refractivity contribution in [1.29, 1.82) is 0 Å². The maximum absolute atomic E-state index is 5.55. The summed E-state index contributed by atoms with van der Waals surface area (Å²) in [5.74, 6) is 2.05. The maximum atomic E-state index is 5.55. The van der Waals surface area contributed by atoms with Crippen molar-refractivity contribution in [2.45, 2.75) is 31.6 Å². The van der Waals surface area contributed by atoms with Crippen molar-refractivity contribution in [3.63, 3.8) is 0 Å². The average Bonchev–Trinajstić information content (AvgIpc) is 2.64. The maximum Gasteiger partial charge on any atom is 0.227 e. The molecule has 1 aromatic rings. The Balaban J connectivity index is 2.13. The van der Waals surface area contributed by atoms with Gasteiger partial charge in [-0.3, -0.25) is 0 Å². The molecular formula is C8H11ClN2O. The van der Waals surface area contributed by atoms with Crippen LogP contribution in [0, 0.1) is 0 Å². The quantitative estimate of drug-likeness (QED) is 0.677. The zero-order valence-corrected chi connectivity index (χ0v) is 7.76. The largest absolute Gasteiger partial charge is 0.339 e. The molecule has 0 aromatic carbocycles. The van der Waals surface area contributed by atoms with Crippen molar-refractivity contribution in [2.24, 2.45) is 0 Å². The van der Waals surface area contributed by atoms with Crippen LogP contribution in [0.15, 0.2) is 4.52 Å². The number of rotatable bonds is 3. The number of nitrogens with zero attached hydrogens (tertiary/aromatic N) is 2. The van der Waals surface area contributed by atoms with Crippen LogP contribution < -0.4 is 0 Å². The summed E-state index contributed by atoms with van der Waals surface area (Å²) in [6.07, 6.45) is 3.02. The van der Waals surface area contributed by atoms with Gasteiger partial charge in [0.1, 0.15) is 0 Å². The molecule has 1 aliphatic carbocycles. The Bertz CT molecular complexity index is 280. The minimum atomic E-state index is 0.202. The second kappa shape index (κ2) is 2.73. The molecule has 0 unspecified atom stereocenters. The zero-order valence-electron chi connectivity index (χ0n) is 7.01. The monoisotopic (exact) mass is 186 g/mol. The summed E-state index contributed by atoms with van der Waals surface area (Å²) in [7, 11) is 0. The molecule has 1 aromatic heterocycles. The van der Waals surface area contributed by atoms with Crippen LogP contribution in [0.25, 0.3) is 0 Å². The third-order valence-electron chi connectivity index (χ3n) is 2.32. The Kier molecular flexibility index (Phi) is 1.83. The van der Waals surface area contributed by atoms with Crippen molar-refractivity contribution in [2.75, 3.05) is 5.88 Å². The van der Waals surface area contributed by atoms with E-state index in [0.29, 0.717) is 18.2 Å². The minimum Gasteiger partial charge on any atom is -0.339 e. The Morgan fingerprint density at radius 2 is 2.33 bits per heavy atom. The van der Waals surface area contributed by atoms with Gasteiger partial charge in [-0.25, -0.2) is 0 Å². The minimum absolute atomic E-state index is 0.202. The number of hydrogen-bond donors (Lipinski definition) is 0. The van der Waals surface area contributed by atoms with Gasteiger partial charge in [-0.15, -0.1) is 11.6 Å². The standard InChI is InChI=1S/C8H11ClN2O/c1-8(3-4-8)7-10-6(2-5-9)12-11-7/h2-5H2,1H3. The van der Waals surface area contributed by atoms with E-state index in [-0.39, 0.29) is 5.41 Å². The molecule has 0 saturated heterocycles. The molecule has 0 radical (unpaired) electrons. The molecule has 66 valence electrons. The highest BCUT2D eigenvalue weighted by Gasteiger charge is 2.43. The van der Waals surface area contributed by atoms with Crippen molar-refractivity contribution >= 4 is 11.6 Å². The van der Waals surface area contributed by atoms with Crippen molar-refractivity contribution in [3.8, 4) is 0 Å². The van der Waals surface area contributed by atoms with Gasteiger partial charge in [-0.1, -0.05) is 12.1 Å². The molecule has 0 amide bonds. The lowest BCUT2D eigenvalue weighted by molar-refractivity contribution is 0.373. The molecule has 0 atom stereocenters. The van der Waals surface area contributed by atoms with Gasteiger partial charge < -0.3 is 4.52 Å². The van der Waals surface area contributed by atoms with E-state index in [4.69, 9.17) is 16.1 Å². The van der Waals surface area contributed by atoms with E-state index in [9.17, 15) is 0 Å². The number of aryl methyl sites for hydroxylation is 1. The summed E-state index contributed by atoms with van der Waals surface area (Å²) < 4.78 is 5.03.